The van der Waals surface area contributed by atoms with Crippen molar-refractivity contribution >= 4 is 5.91 Å². The van der Waals surface area contributed by atoms with Crippen molar-refractivity contribution in [2.24, 2.45) is 0 Å². The van der Waals surface area contributed by atoms with Crippen molar-refractivity contribution < 1.29 is 4.79 Å². The topological polar surface area (TPSA) is 58.1 Å². The molecular weight excluding hydrogens is 444 g/mol. The van der Waals surface area contributed by atoms with Gasteiger partial charge in [-0.2, -0.15) is 0 Å². The van der Waals surface area contributed by atoms with Crippen LogP contribution < -0.4 is 5.32 Å². The minimum atomic E-state index is -0.261. The van der Waals surface area contributed by atoms with Gasteiger partial charge in [0.1, 0.15) is 6.33 Å². The van der Waals surface area contributed by atoms with Crippen LogP contribution in [0, 0.1) is 0 Å². The Balaban J connectivity index is 1.24. The van der Waals surface area contributed by atoms with Crippen LogP contribution in [0.15, 0.2) is 104 Å². The second-order valence-electron chi connectivity index (χ2n) is 9.46. The maximum atomic E-state index is 13.7. The van der Waals surface area contributed by atoms with Gasteiger partial charge in [-0.3, -0.25) is 4.79 Å². The first-order chi connectivity index (χ1) is 17.8. The predicted molar refractivity (Wildman–Crippen MR) is 143 cm³/mol. The Labute approximate surface area is 213 Å². The highest BCUT2D eigenvalue weighted by Crippen LogP contribution is 2.28. The highest BCUT2D eigenvalue weighted by atomic mass is 16.2. The van der Waals surface area contributed by atoms with Gasteiger partial charge in [0.2, 0.25) is 5.91 Å². The zero-order valence-corrected chi connectivity index (χ0v) is 20.5. The number of carbonyl (C=O) groups is 1. The van der Waals surface area contributed by atoms with E-state index in [-0.39, 0.29) is 11.9 Å². The lowest BCUT2D eigenvalue weighted by Gasteiger charge is -2.35. The van der Waals surface area contributed by atoms with E-state index in [0.29, 0.717) is 18.9 Å². The van der Waals surface area contributed by atoms with Gasteiger partial charge in [0.15, 0.2) is 0 Å². The molecule has 1 saturated heterocycles. The van der Waals surface area contributed by atoms with Gasteiger partial charge in [-0.1, -0.05) is 84.9 Å². The van der Waals surface area contributed by atoms with Crippen molar-refractivity contribution in [3.63, 3.8) is 0 Å². The second kappa shape index (κ2) is 11.7. The third-order valence-corrected chi connectivity index (χ3v) is 7.06. The maximum absolute atomic E-state index is 13.7. The zero-order valence-electron chi connectivity index (χ0n) is 20.5. The van der Waals surface area contributed by atoms with Crippen LogP contribution >= 0.6 is 0 Å². The SMILES string of the molecule is O=C([C@H](Cc1ccccc1)NCc1ccc(-c2cncnc2)cc1)N1CCC(c2ccccc2)CC1. The normalized spacial score (nSPS) is 14.9. The van der Waals surface area contributed by atoms with Crippen LogP contribution in [0.3, 0.4) is 0 Å². The summed E-state index contributed by atoms with van der Waals surface area (Å²) >= 11 is 0. The fraction of sp³-hybridized carbons (Fsp3) is 0.258. The second-order valence-corrected chi connectivity index (χ2v) is 9.46. The molecule has 0 saturated carbocycles. The van der Waals surface area contributed by atoms with E-state index in [1.807, 2.05) is 30.6 Å². The number of likely N-dealkylation sites (tertiary alicyclic amines) is 1. The average molecular weight is 477 g/mol. The molecule has 182 valence electrons. The Hall–Kier alpha value is -3.83. The molecule has 5 heteroatoms. The summed E-state index contributed by atoms with van der Waals surface area (Å²) in [7, 11) is 0. The monoisotopic (exact) mass is 476 g/mol. The number of carbonyl (C=O) groups excluding carboxylic acids is 1. The highest BCUT2D eigenvalue weighted by Gasteiger charge is 2.28. The van der Waals surface area contributed by atoms with Crippen molar-refractivity contribution in [3.05, 3.63) is 120 Å². The molecule has 0 aliphatic carbocycles. The quantitative estimate of drug-likeness (QED) is 0.377. The number of hydrogen-bond acceptors (Lipinski definition) is 4. The van der Waals surface area contributed by atoms with Crippen LogP contribution in [0.25, 0.3) is 11.1 Å². The number of aromatic nitrogens is 2. The number of nitrogens with one attached hydrogen (secondary N) is 1. The Morgan fingerprint density at radius 1 is 0.806 bits per heavy atom. The lowest BCUT2D eigenvalue weighted by atomic mass is 9.89. The number of hydrogen-bond donors (Lipinski definition) is 1. The number of rotatable bonds is 8. The Morgan fingerprint density at radius 2 is 1.44 bits per heavy atom. The molecule has 3 aromatic carbocycles. The fourth-order valence-corrected chi connectivity index (χ4v) is 4.98. The summed E-state index contributed by atoms with van der Waals surface area (Å²) in [5.74, 6) is 0.729. The minimum Gasteiger partial charge on any atom is -0.341 e. The Morgan fingerprint density at radius 3 is 2.11 bits per heavy atom. The first kappa shape index (κ1) is 23.9. The van der Waals surface area contributed by atoms with Gasteiger partial charge in [0, 0.05) is 37.6 Å². The van der Waals surface area contributed by atoms with Gasteiger partial charge < -0.3 is 10.2 Å². The van der Waals surface area contributed by atoms with Crippen LogP contribution in [0.4, 0.5) is 0 Å². The van der Waals surface area contributed by atoms with Crippen LogP contribution in [-0.2, 0) is 17.8 Å². The molecule has 5 nitrogen and oxygen atoms in total. The van der Waals surface area contributed by atoms with Gasteiger partial charge in [-0.15, -0.1) is 0 Å². The Kier molecular flexibility index (Phi) is 7.79. The number of nitrogens with zero attached hydrogens (tertiary/aromatic N) is 3. The molecule has 1 amide bonds. The molecule has 4 aromatic rings. The highest BCUT2D eigenvalue weighted by molar-refractivity contribution is 5.82. The summed E-state index contributed by atoms with van der Waals surface area (Å²) in [5, 5.41) is 3.57. The van der Waals surface area contributed by atoms with E-state index in [1.54, 1.807) is 0 Å². The molecule has 1 atom stereocenters. The van der Waals surface area contributed by atoms with Crippen molar-refractivity contribution in [1.82, 2.24) is 20.2 Å². The van der Waals surface area contributed by atoms with Gasteiger partial charge in [-0.25, -0.2) is 9.97 Å². The molecule has 1 aliphatic heterocycles. The first-order valence-corrected chi connectivity index (χ1v) is 12.7. The lowest BCUT2D eigenvalue weighted by molar-refractivity contribution is -0.134. The van der Waals surface area contributed by atoms with Crippen molar-refractivity contribution in [3.8, 4) is 11.1 Å². The molecule has 1 aromatic heterocycles. The van der Waals surface area contributed by atoms with Crippen LogP contribution in [0.5, 0.6) is 0 Å². The van der Waals surface area contributed by atoms with E-state index in [4.69, 9.17) is 0 Å². The molecule has 1 N–H and O–H groups in total. The van der Waals surface area contributed by atoms with Gasteiger partial charge in [0.05, 0.1) is 6.04 Å². The zero-order chi connectivity index (χ0) is 24.6. The lowest BCUT2D eigenvalue weighted by Crippen LogP contribution is -2.49. The molecule has 1 fully saturated rings. The van der Waals surface area contributed by atoms with Crippen molar-refractivity contribution in [2.45, 2.75) is 37.8 Å². The first-order valence-electron chi connectivity index (χ1n) is 12.7. The molecule has 0 unspecified atom stereocenters. The summed E-state index contributed by atoms with van der Waals surface area (Å²) in [6, 6.07) is 29.1. The molecule has 0 bridgehead atoms. The average Bonchev–Trinajstić information content (AvgIpc) is 2.97. The van der Waals surface area contributed by atoms with E-state index in [0.717, 1.165) is 42.6 Å². The number of piperidine rings is 1. The number of benzene rings is 3. The van der Waals surface area contributed by atoms with E-state index in [9.17, 15) is 4.79 Å². The molecule has 0 radical (unpaired) electrons. The van der Waals surface area contributed by atoms with Crippen molar-refractivity contribution in [2.75, 3.05) is 13.1 Å². The van der Waals surface area contributed by atoms with Crippen LogP contribution in [-0.4, -0.2) is 39.9 Å². The van der Waals surface area contributed by atoms with Gasteiger partial charge in [0.25, 0.3) is 0 Å². The predicted octanol–water partition coefficient (Wildman–Crippen LogP) is 5.25. The van der Waals surface area contributed by atoms with E-state index < -0.39 is 0 Å². The summed E-state index contributed by atoms with van der Waals surface area (Å²) in [5.41, 5.74) is 5.77. The smallest absolute Gasteiger partial charge is 0.240 e. The van der Waals surface area contributed by atoms with Crippen molar-refractivity contribution in [1.29, 1.82) is 0 Å². The summed E-state index contributed by atoms with van der Waals surface area (Å²) in [4.78, 5) is 23.9. The maximum Gasteiger partial charge on any atom is 0.240 e. The van der Waals surface area contributed by atoms with E-state index >= 15 is 0 Å². The van der Waals surface area contributed by atoms with E-state index in [1.165, 1.54) is 17.5 Å². The third-order valence-electron chi connectivity index (χ3n) is 7.06. The molecule has 36 heavy (non-hydrogen) atoms. The standard InChI is InChI=1S/C31H32N4O/c36-31(35-17-15-28(16-18-35)26-9-5-2-6-10-26)30(19-24-7-3-1-4-8-24)34-20-25-11-13-27(14-12-25)29-21-32-23-33-22-29/h1-14,21-23,28,30,34H,15-20H2/t30-/m0/s1. The largest absolute Gasteiger partial charge is 0.341 e. The molecule has 0 spiro atoms. The minimum absolute atomic E-state index is 0.198. The molecular formula is C31H32N4O. The van der Waals surface area contributed by atoms with Gasteiger partial charge in [-0.05, 0) is 47.4 Å². The van der Waals surface area contributed by atoms with Crippen LogP contribution in [0.2, 0.25) is 0 Å². The summed E-state index contributed by atoms with van der Waals surface area (Å²) < 4.78 is 0. The summed E-state index contributed by atoms with van der Waals surface area (Å²) in [6.45, 7) is 2.24. The summed E-state index contributed by atoms with van der Waals surface area (Å²) in [6.07, 6.45) is 7.87. The Bertz CT molecular complexity index is 1220. The van der Waals surface area contributed by atoms with Crippen LogP contribution in [0.1, 0.15) is 35.4 Å². The third kappa shape index (κ3) is 6.04. The van der Waals surface area contributed by atoms with E-state index in [2.05, 4.69) is 86.9 Å². The number of amides is 1. The molecule has 5 rings (SSSR count). The molecule has 1 aliphatic rings. The fourth-order valence-electron chi connectivity index (χ4n) is 4.98. The molecule has 2 heterocycles. The van der Waals surface area contributed by atoms with Gasteiger partial charge >= 0.3 is 0 Å².